The lowest BCUT2D eigenvalue weighted by Gasteiger charge is -2.32. The van der Waals surface area contributed by atoms with E-state index < -0.39 is 58.0 Å². The molecule has 0 radical (unpaired) electrons. The van der Waals surface area contributed by atoms with E-state index in [-0.39, 0.29) is 49.0 Å². The smallest absolute Gasteiger partial charge is 0.412 e. The number of ether oxygens (including phenoxy) is 2. The number of carbonyl (C=O) groups excluding carboxylic acids is 2. The highest BCUT2D eigenvalue weighted by atomic mass is 32.2. The Hall–Kier alpha value is -4.07. The maximum Gasteiger partial charge on any atom is 0.412 e. The van der Waals surface area contributed by atoms with Gasteiger partial charge in [-0.2, -0.15) is 8.42 Å². The van der Waals surface area contributed by atoms with Crippen LogP contribution in [-0.4, -0.2) is 67.8 Å². The van der Waals surface area contributed by atoms with Crippen LogP contribution in [0.4, 0.5) is 25.4 Å². The van der Waals surface area contributed by atoms with E-state index in [9.17, 15) is 27.9 Å². The summed E-state index contributed by atoms with van der Waals surface area (Å²) in [6.45, 7) is 8.57. The number of rotatable bonds is 9. The third-order valence-electron chi connectivity index (χ3n) is 6.92. The molecule has 1 atom stereocenters. The second-order valence-electron chi connectivity index (χ2n) is 12.0. The maximum absolute atomic E-state index is 16.4. The van der Waals surface area contributed by atoms with Crippen LogP contribution in [0.1, 0.15) is 52.2 Å². The predicted molar refractivity (Wildman–Crippen MR) is 157 cm³/mol. The highest BCUT2D eigenvalue weighted by molar-refractivity contribution is 7.92. The highest BCUT2D eigenvalue weighted by Gasteiger charge is 2.44. The zero-order valence-electron chi connectivity index (χ0n) is 24.8. The lowest BCUT2D eigenvalue weighted by atomic mass is 10.1. The average molecular weight is 621 g/mol. The standard InChI is InChI=1S/C29H37FN4O8S/c1-18(2)11-12-32(28(38)42-29(3,4)5)15-20-13-21-22(34(20)27(36)37)14-23(41-17-19-9-7-6-8-10-19)26(25(21)30)33-16-24(35)31-43(33,39)40/h6-10,14,18,20H,11-13,15-17H2,1-5H3,(H,31,35)(H,36,37)/t20-/m1/s1. The SMILES string of the molecule is CC(C)CCN(C[C@H]1Cc2c(cc(OCc3ccccc3)c(N3CC(=O)NS3(=O)=O)c2F)N1C(=O)O)C(=O)OC(C)(C)C. The van der Waals surface area contributed by atoms with Crippen LogP contribution in [0.3, 0.4) is 0 Å². The van der Waals surface area contributed by atoms with E-state index in [0.29, 0.717) is 16.3 Å². The molecule has 0 bridgehead atoms. The van der Waals surface area contributed by atoms with Gasteiger partial charge in [-0.3, -0.25) is 9.69 Å². The molecule has 1 saturated heterocycles. The van der Waals surface area contributed by atoms with Crippen molar-refractivity contribution in [2.45, 2.75) is 65.7 Å². The van der Waals surface area contributed by atoms with Crippen molar-refractivity contribution >= 4 is 39.7 Å². The summed E-state index contributed by atoms with van der Waals surface area (Å²) in [5, 5.41) is 10.2. The number of amides is 3. The normalized spacial score (nSPS) is 17.6. The van der Waals surface area contributed by atoms with E-state index in [2.05, 4.69) is 0 Å². The van der Waals surface area contributed by atoms with Crippen LogP contribution < -0.4 is 18.7 Å². The van der Waals surface area contributed by atoms with Gasteiger partial charge in [0.25, 0.3) is 5.91 Å². The third kappa shape index (κ3) is 7.29. The molecule has 2 heterocycles. The van der Waals surface area contributed by atoms with Crippen LogP contribution in [-0.2, 0) is 32.8 Å². The molecule has 2 aromatic carbocycles. The molecular weight excluding hydrogens is 583 g/mol. The quantitative estimate of drug-likeness (QED) is 0.423. The summed E-state index contributed by atoms with van der Waals surface area (Å²) in [6.07, 6.45) is -1.55. The van der Waals surface area contributed by atoms with Gasteiger partial charge in [0.2, 0.25) is 0 Å². The first kappa shape index (κ1) is 31.9. The van der Waals surface area contributed by atoms with Crippen molar-refractivity contribution < 1.29 is 41.8 Å². The van der Waals surface area contributed by atoms with Gasteiger partial charge in [0.1, 0.15) is 30.2 Å². The van der Waals surface area contributed by atoms with Crippen LogP contribution in [0.5, 0.6) is 5.75 Å². The second-order valence-corrected chi connectivity index (χ2v) is 13.6. The van der Waals surface area contributed by atoms with E-state index in [0.717, 1.165) is 4.90 Å². The van der Waals surface area contributed by atoms with Gasteiger partial charge in [-0.05, 0) is 38.7 Å². The lowest BCUT2D eigenvalue weighted by Crippen LogP contribution is -2.48. The fourth-order valence-corrected chi connectivity index (χ4v) is 6.12. The fraction of sp³-hybridized carbons (Fsp3) is 0.483. The van der Waals surface area contributed by atoms with Crippen LogP contribution in [0.2, 0.25) is 0 Å². The van der Waals surface area contributed by atoms with Crippen LogP contribution in [0.15, 0.2) is 36.4 Å². The Morgan fingerprint density at radius 1 is 1.21 bits per heavy atom. The van der Waals surface area contributed by atoms with Crippen molar-refractivity contribution in [1.82, 2.24) is 9.62 Å². The van der Waals surface area contributed by atoms with Gasteiger partial charge in [-0.1, -0.05) is 44.2 Å². The molecule has 234 valence electrons. The Labute approximate surface area is 250 Å². The highest BCUT2D eigenvalue weighted by Crippen LogP contribution is 2.45. The molecule has 1 fully saturated rings. The molecule has 14 heteroatoms. The molecule has 2 aromatic rings. The number of hydrogen-bond donors (Lipinski definition) is 2. The van der Waals surface area contributed by atoms with Crippen molar-refractivity contribution in [2.24, 2.45) is 5.92 Å². The van der Waals surface area contributed by atoms with Crippen molar-refractivity contribution in [3.8, 4) is 5.75 Å². The summed E-state index contributed by atoms with van der Waals surface area (Å²) in [6, 6.07) is 9.20. The van der Waals surface area contributed by atoms with E-state index in [1.807, 2.05) is 18.6 Å². The van der Waals surface area contributed by atoms with Gasteiger partial charge >= 0.3 is 22.4 Å². The minimum atomic E-state index is -4.43. The van der Waals surface area contributed by atoms with E-state index >= 15 is 4.39 Å². The number of carbonyl (C=O) groups is 3. The zero-order chi connectivity index (χ0) is 31.7. The first-order valence-electron chi connectivity index (χ1n) is 13.9. The molecule has 4 rings (SSSR count). The van der Waals surface area contributed by atoms with Crippen molar-refractivity contribution in [3.05, 3.63) is 53.3 Å². The Kier molecular flexibility index (Phi) is 9.09. The molecule has 0 aromatic heterocycles. The Morgan fingerprint density at radius 2 is 1.88 bits per heavy atom. The molecule has 0 unspecified atom stereocenters. The Balaban J connectivity index is 1.76. The molecule has 2 N–H and O–H groups in total. The fourth-order valence-electron chi connectivity index (χ4n) is 4.96. The second kappa shape index (κ2) is 12.3. The zero-order valence-corrected chi connectivity index (χ0v) is 25.6. The van der Waals surface area contributed by atoms with Crippen LogP contribution in [0.25, 0.3) is 0 Å². The van der Waals surface area contributed by atoms with Gasteiger partial charge in [-0.25, -0.2) is 23.0 Å². The van der Waals surface area contributed by atoms with E-state index in [1.54, 1.807) is 51.1 Å². The molecule has 0 saturated carbocycles. The van der Waals surface area contributed by atoms with Crippen molar-refractivity contribution in [2.75, 3.05) is 28.8 Å². The summed E-state index contributed by atoms with van der Waals surface area (Å²) in [5.41, 5.74) is -0.707. The Bertz CT molecular complexity index is 1490. The predicted octanol–water partition coefficient (Wildman–Crippen LogP) is 4.28. The minimum Gasteiger partial charge on any atom is -0.487 e. The summed E-state index contributed by atoms with van der Waals surface area (Å²) in [4.78, 5) is 40.1. The Morgan fingerprint density at radius 3 is 2.44 bits per heavy atom. The summed E-state index contributed by atoms with van der Waals surface area (Å²) >= 11 is 0. The largest absolute Gasteiger partial charge is 0.487 e. The maximum atomic E-state index is 16.4. The van der Waals surface area contributed by atoms with Gasteiger partial charge < -0.3 is 19.5 Å². The number of anilines is 2. The molecule has 3 amide bonds. The summed E-state index contributed by atoms with van der Waals surface area (Å²) in [5.74, 6) is -1.89. The van der Waals surface area contributed by atoms with Crippen LogP contribution >= 0.6 is 0 Å². The first-order chi connectivity index (χ1) is 20.1. The lowest BCUT2D eigenvalue weighted by molar-refractivity contribution is -0.117. The number of carboxylic acid groups (broad SMARTS) is 1. The molecule has 2 aliphatic heterocycles. The van der Waals surface area contributed by atoms with Gasteiger partial charge in [0.15, 0.2) is 5.82 Å². The summed E-state index contributed by atoms with van der Waals surface area (Å²) < 4.78 is 55.8. The molecular formula is C29H37FN4O8S. The number of hydrogen-bond acceptors (Lipinski definition) is 7. The number of fused-ring (bicyclic) bond motifs is 1. The molecule has 2 aliphatic rings. The molecule has 0 spiro atoms. The van der Waals surface area contributed by atoms with E-state index in [4.69, 9.17) is 9.47 Å². The molecule has 0 aliphatic carbocycles. The molecule has 12 nitrogen and oxygen atoms in total. The topological polar surface area (TPSA) is 146 Å². The first-order valence-corrected chi connectivity index (χ1v) is 15.4. The van der Waals surface area contributed by atoms with Crippen molar-refractivity contribution in [3.63, 3.8) is 0 Å². The van der Waals surface area contributed by atoms with Crippen LogP contribution in [0, 0.1) is 11.7 Å². The number of nitrogens with zero attached hydrogens (tertiary/aromatic N) is 3. The third-order valence-corrected chi connectivity index (χ3v) is 8.30. The number of nitrogens with one attached hydrogen (secondary N) is 1. The molecule has 43 heavy (non-hydrogen) atoms. The summed E-state index contributed by atoms with van der Waals surface area (Å²) in [7, 11) is -4.43. The van der Waals surface area contributed by atoms with Gasteiger partial charge in [0, 0.05) is 31.1 Å². The monoisotopic (exact) mass is 620 g/mol. The minimum absolute atomic E-state index is 0.0364. The van der Waals surface area contributed by atoms with Crippen molar-refractivity contribution in [1.29, 1.82) is 0 Å². The number of halogens is 1. The average Bonchev–Trinajstić information content (AvgIpc) is 3.39. The van der Waals surface area contributed by atoms with Gasteiger partial charge in [-0.15, -0.1) is 0 Å². The number of benzene rings is 2. The van der Waals surface area contributed by atoms with Gasteiger partial charge in [0.05, 0.1) is 11.7 Å². The van der Waals surface area contributed by atoms with E-state index in [1.165, 1.54) is 11.0 Å².